The molecule has 1 aliphatic rings. The lowest BCUT2D eigenvalue weighted by atomic mass is 9.98. The van der Waals surface area contributed by atoms with E-state index in [0.717, 1.165) is 40.7 Å². The van der Waals surface area contributed by atoms with E-state index in [2.05, 4.69) is 15.9 Å². The molecule has 1 aromatic carbocycles. The topological polar surface area (TPSA) is 17.1 Å². The zero-order chi connectivity index (χ0) is 10.8. The van der Waals surface area contributed by atoms with Crippen LogP contribution in [0.25, 0.3) is 0 Å². The minimum Gasteiger partial charge on any atom is -0.300 e. The number of rotatable bonds is 2. The molecule has 80 valence electrons. The molecular formula is C12H12BrClO. The second-order valence-corrected chi connectivity index (χ2v) is 5.41. The van der Waals surface area contributed by atoms with Gasteiger partial charge < -0.3 is 0 Å². The standard InChI is InChI=1S/C12H12BrClO/c13-10-3-2-9(12(14)7-10)5-8-1-4-11(15)6-8/h2-3,7-8H,1,4-6H2. The zero-order valence-corrected chi connectivity index (χ0v) is 10.6. The van der Waals surface area contributed by atoms with Crippen LogP contribution in [-0.2, 0) is 11.2 Å². The molecule has 0 radical (unpaired) electrons. The first-order chi connectivity index (χ1) is 7.15. The highest BCUT2D eigenvalue weighted by Crippen LogP contribution is 2.29. The Morgan fingerprint density at radius 3 is 2.87 bits per heavy atom. The molecular weight excluding hydrogens is 275 g/mol. The molecule has 1 fully saturated rings. The molecule has 1 unspecified atom stereocenters. The van der Waals surface area contributed by atoms with E-state index < -0.39 is 0 Å². The average molecular weight is 288 g/mol. The summed E-state index contributed by atoms with van der Waals surface area (Å²) in [5, 5.41) is 0.795. The van der Waals surface area contributed by atoms with Gasteiger partial charge in [0.15, 0.2) is 0 Å². The normalized spacial score (nSPS) is 20.9. The van der Waals surface area contributed by atoms with Crippen molar-refractivity contribution in [1.29, 1.82) is 0 Å². The van der Waals surface area contributed by atoms with Gasteiger partial charge >= 0.3 is 0 Å². The van der Waals surface area contributed by atoms with Gasteiger partial charge in [-0.3, -0.25) is 4.79 Å². The lowest BCUT2D eigenvalue weighted by molar-refractivity contribution is -0.117. The Morgan fingerprint density at radius 2 is 2.27 bits per heavy atom. The summed E-state index contributed by atoms with van der Waals surface area (Å²) >= 11 is 9.51. The monoisotopic (exact) mass is 286 g/mol. The summed E-state index contributed by atoms with van der Waals surface area (Å²) in [6.07, 6.45) is 3.42. The second-order valence-electron chi connectivity index (χ2n) is 4.09. The number of carbonyl (C=O) groups is 1. The van der Waals surface area contributed by atoms with Crippen LogP contribution in [0.1, 0.15) is 24.8 Å². The highest BCUT2D eigenvalue weighted by molar-refractivity contribution is 9.10. The SMILES string of the molecule is O=C1CCC(Cc2ccc(Br)cc2Cl)C1. The number of halogens is 2. The van der Waals surface area contributed by atoms with Crippen LogP contribution in [0.4, 0.5) is 0 Å². The fraction of sp³-hybridized carbons (Fsp3) is 0.417. The molecule has 3 heteroatoms. The molecule has 0 bridgehead atoms. The van der Waals surface area contributed by atoms with Crippen LogP contribution in [0.2, 0.25) is 5.02 Å². The summed E-state index contributed by atoms with van der Waals surface area (Å²) in [5.41, 5.74) is 1.15. The number of carbonyl (C=O) groups excluding carboxylic acids is 1. The second kappa shape index (κ2) is 4.67. The van der Waals surface area contributed by atoms with Crippen molar-refractivity contribution >= 4 is 33.3 Å². The van der Waals surface area contributed by atoms with E-state index in [1.807, 2.05) is 18.2 Å². The third-order valence-electron chi connectivity index (χ3n) is 2.87. The van der Waals surface area contributed by atoms with Crippen LogP contribution >= 0.6 is 27.5 Å². The Balaban J connectivity index is 2.07. The summed E-state index contributed by atoms with van der Waals surface area (Å²) < 4.78 is 0.999. The van der Waals surface area contributed by atoms with Gasteiger partial charge in [0, 0.05) is 22.3 Å². The first kappa shape index (κ1) is 11.2. The Morgan fingerprint density at radius 1 is 1.47 bits per heavy atom. The fourth-order valence-corrected chi connectivity index (χ4v) is 2.81. The largest absolute Gasteiger partial charge is 0.300 e. The van der Waals surface area contributed by atoms with E-state index in [4.69, 9.17) is 11.6 Å². The lowest BCUT2D eigenvalue weighted by Crippen LogP contribution is -2.00. The molecule has 1 nitrogen and oxygen atoms in total. The van der Waals surface area contributed by atoms with Crippen molar-refractivity contribution in [3.63, 3.8) is 0 Å². The molecule has 2 rings (SSSR count). The maximum Gasteiger partial charge on any atom is 0.133 e. The van der Waals surface area contributed by atoms with Crippen LogP contribution in [0.3, 0.4) is 0 Å². The molecule has 0 spiro atoms. The molecule has 0 aliphatic heterocycles. The van der Waals surface area contributed by atoms with E-state index in [9.17, 15) is 4.79 Å². The van der Waals surface area contributed by atoms with Crippen molar-refractivity contribution in [2.75, 3.05) is 0 Å². The summed E-state index contributed by atoms with van der Waals surface area (Å²) in [7, 11) is 0. The number of ketones is 1. The highest BCUT2D eigenvalue weighted by atomic mass is 79.9. The third kappa shape index (κ3) is 2.82. The molecule has 15 heavy (non-hydrogen) atoms. The molecule has 0 heterocycles. The van der Waals surface area contributed by atoms with Crippen LogP contribution < -0.4 is 0 Å². The minimum atomic E-state index is 0.397. The van der Waals surface area contributed by atoms with Gasteiger partial charge in [-0.05, 0) is 36.5 Å². The smallest absolute Gasteiger partial charge is 0.133 e. The Hall–Kier alpha value is -0.340. The number of hydrogen-bond acceptors (Lipinski definition) is 1. The lowest BCUT2D eigenvalue weighted by Gasteiger charge is -2.09. The number of benzene rings is 1. The number of Topliss-reactive ketones (excluding diaryl/α,β-unsaturated/α-hetero) is 1. The van der Waals surface area contributed by atoms with Crippen molar-refractivity contribution in [2.24, 2.45) is 5.92 Å². The van der Waals surface area contributed by atoms with Gasteiger partial charge in [-0.2, -0.15) is 0 Å². The van der Waals surface area contributed by atoms with Gasteiger partial charge in [-0.1, -0.05) is 33.6 Å². The van der Waals surface area contributed by atoms with Crippen molar-refractivity contribution in [1.82, 2.24) is 0 Å². The minimum absolute atomic E-state index is 0.397. The van der Waals surface area contributed by atoms with E-state index in [1.54, 1.807) is 0 Å². The van der Waals surface area contributed by atoms with Gasteiger partial charge in [0.2, 0.25) is 0 Å². The third-order valence-corrected chi connectivity index (χ3v) is 3.72. The van der Waals surface area contributed by atoms with Gasteiger partial charge in [-0.15, -0.1) is 0 Å². The highest BCUT2D eigenvalue weighted by Gasteiger charge is 2.22. The van der Waals surface area contributed by atoms with Gasteiger partial charge in [0.25, 0.3) is 0 Å². The van der Waals surface area contributed by atoms with Gasteiger partial charge in [-0.25, -0.2) is 0 Å². The summed E-state index contributed by atoms with van der Waals surface area (Å²) in [5.74, 6) is 0.893. The van der Waals surface area contributed by atoms with E-state index >= 15 is 0 Å². The average Bonchev–Trinajstić information content (AvgIpc) is 2.56. The van der Waals surface area contributed by atoms with Crippen molar-refractivity contribution < 1.29 is 4.79 Å². The first-order valence-corrected chi connectivity index (χ1v) is 6.28. The molecule has 0 aromatic heterocycles. The summed E-state index contributed by atoms with van der Waals surface area (Å²) in [6, 6.07) is 5.95. The predicted octanol–water partition coefficient (Wildman–Crippen LogP) is 4.01. The molecule has 0 N–H and O–H groups in total. The van der Waals surface area contributed by atoms with E-state index in [1.165, 1.54) is 0 Å². The van der Waals surface area contributed by atoms with E-state index in [0.29, 0.717) is 11.7 Å². The van der Waals surface area contributed by atoms with Crippen molar-refractivity contribution in [3.8, 4) is 0 Å². The molecule has 1 atom stereocenters. The first-order valence-electron chi connectivity index (χ1n) is 5.11. The molecule has 1 aromatic rings. The molecule has 1 saturated carbocycles. The number of hydrogen-bond donors (Lipinski definition) is 0. The fourth-order valence-electron chi connectivity index (χ4n) is 2.06. The molecule has 1 aliphatic carbocycles. The maximum atomic E-state index is 11.1. The van der Waals surface area contributed by atoms with Crippen LogP contribution in [0.5, 0.6) is 0 Å². The predicted molar refractivity (Wildman–Crippen MR) is 65.2 cm³/mol. The maximum absolute atomic E-state index is 11.1. The summed E-state index contributed by atoms with van der Waals surface area (Å²) in [6.45, 7) is 0. The van der Waals surface area contributed by atoms with E-state index in [-0.39, 0.29) is 0 Å². The molecule has 0 amide bonds. The van der Waals surface area contributed by atoms with Gasteiger partial charge in [0.1, 0.15) is 5.78 Å². The van der Waals surface area contributed by atoms with Crippen LogP contribution in [-0.4, -0.2) is 5.78 Å². The Labute approximate surface area is 103 Å². The molecule has 0 saturated heterocycles. The van der Waals surface area contributed by atoms with Crippen molar-refractivity contribution in [3.05, 3.63) is 33.3 Å². The summed E-state index contributed by atoms with van der Waals surface area (Å²) in [4.78, 5) is 11.1. The Kier molecular flexibility index (Phi) is 3.47. The zero-order valence-electron chi connectivity index (χ0n) is 8.30. The van der Waals surface area contributed by atoms with Crippen molar-refractivity contribution in [2.45, 2.75) is 25.7 Å². The van der Waals surface area contributed by atoms with Crippen LogP contribution in [0, 0.1) is 5.92 Å². The van der Waals surface area contributed by atoms with Crippen LogP contribution in [0.15, 0.2) is 22.7 Å². The Bertz CT molecular complexity index is 389. The van der Waals surface area contributed by atoms with Gasteiger partial charge in [0.05, 0.1) is 0 Å². The quantitative estimate of drug-likeness (QED) is 0.803.